The Hall–Kier alpha value is -2.51. The Labute approximate surface area is 216 Å². The number of halogens is 2. The van der Waals surface area contributed by atoms with Crippen molar-refractivity contribution < 1.29 is 23.8 Å². The lowest BCUT2D eigenvalue weighted by Crippen LogP contribution is -2.41. The first-order chi connectivity index (χ1) is 16.6. The Balaban J connectivity index is 1.80. The summed E-state index contributed by atoms with van der Waals surface area (Å²) >= 11 is 11.5. The van der Waals surface area contributed by atoms with Crippen LogP contribution in [-0.4, -0.2) is 22.2 Å². The Morgan fingerprint density at radius 3 is 2.49 bits per heavy atom. The number of thiocarbonyl (C=S) groups is 1. The highest BCUT2D eigenvalue weighted by molar-refractivity contribution is 7.80. The van der Waals surface area contributed by atoms with Crippen molar-refractivity contribution in [3.8, 4) is 0 Å². The van der Waals surface area contributed by atoms with Gasteiger partial charge in [0.05, 0.1) is 4.99 Å². The largest absolute Gasteiger partial charge is 0.481 e. The summed E-state index contributed by atoms with van der Waals surface area (Å²) in [5.41, 5.74) is 0.440. The van der Waals surface area contributed by atoms with Crippen LogP contribution in [0.3, 0.4) is 0 Å². The smallest absolute Gasteiger partial charge is 0.412 e. The normalized spacial score (nSPS) is 16.2. The first-order valence-electron chi connectivity index (χ1n) is 11.8. The molecule has 1 aliphatic rings. The third-order valence-corrected chi connectivity index (χ3v) is 7.36. The summed E-state index contributed by atoms with van der Waals surface area (Å²) in [6.07, 6.45) is 3.84. The molecule has 0 radical (unpaired) electrons. The second-order valence-corrected chi connectivity index (χ2v) is 10.6. The minimum Gasteiger partial charge on any atom is -0.481 e. The molecule has 1 unspecified atom stereocenters. The van der Waals surface area contributed by atoms with Gasteiger partial charge in [-0.05, 0) is 47.7 Å². The lowest BCUT2D eigenvalue weighted by molar-refractivity contribution is -0.139. The predicted molar refractivity (Wildman–Crippen MR) is 138 cm³/mol. The molecule has 1 aliphatic carbocycles. The highest BCUT2D eigenvalue weighted by Gasteiger charge is 2.37. The van der Waals surface area contributed by atoms with Crippen LogP contribution in [0.2, 0.25) is 5.02 Å². The highest BCUT2D eigenvalue weighted by atomic mass is 35.5. The van der Waals surface area contributed by atoms with Gasteiger partial charge in [-0.2, -0.15) is 0 Å². The van der Waals surface area contributed by atoms with Gasteiger partial charge in [-0.15, -0.1) is 0 Å². The van der Waals surface area contributed by atoms with Gasteiger partial charge >= 0.3 is 12.1 Å². The average molecular weight is 520 g/mol. The summed E-state index contributed by atoms with van der Waals surface area (Å²) in [6, 6.07) is 13.0. The number of rotatable bonds is 8. The van der Waals surface area contributed by atoms with Gasteiger partial charge in [0, 0.05) is 10.4 Å². The van der Waals surface area contributed by atoms with Crippen LogP contribution in [0.4, 0.5) is 9.18 Å². The molecule has 3 rings (SSSR count). The molecule has 0 heterocycles. The predicted octanol–water partition coefficient (Wildman–Crippen LogP) is 7.22. The number of hydrogen-bond donors (Lipinski definition) is 2. The van der Waals surface area contributed by atoms with Crippen molar-refractivity contribution in [2.75, 3.05) is 0 Å². The molecule has 5 nitrogen and oxygen atoms in total. The number of benzene rings is 2. The summed E-state index contributed by atoms with van der Waals surface area (Å²) in [5.74, 6) is -2.24. The van der Waals surface area contributed by atoms with E-state index in [9.17, 15) is 19.1 Å². The average Bonchev–Trinajstić information content (AvgIpc) is 2.81. The second-order valence-electron chi connectivity index (χ2n) is 9.69. The van der Waals surface area contributed by atoms with Crippen LogP contribution >= 0.6 is 23.8 Å². The van der Waals surface area contributed by atoms with Gasteiger partial charge in [0.15, 0.2) is 0 Å². The monoisotopic (exact) mass is 519 g/mol. The molecule has 1 fully saturated rings. The molecule has 1 amide bonds. The minimum absolute atomic E-state index is 0.0772. The number of carbonyl (C=O) groups excluding carboxylic acids is 1. The Bertz CT molecular complexity index is 1070. The van der Waals surface area contributed by atoms with Gasteiger partial charge in [0.1, 0.15) is 17.8 Å². The van der Waals surface area contributed by atoms with E-state index in [1.807, 2.05) is 19.9 Å². The fraction of sp³-hybridized carbons (Fsp3) is 0.444. The maximum atomic E-state index is 14.1. The number of alkyl carbamates (subject to hydrolysis) is 1. The highest BCUT2D eigenvalue weighted by Crippen LogP contribution is 2.40. The molecule has 0 aliphatic heterocycles. The number of ether oxygens (including phenoxy) is 1. The van der Waals surface area contributed by atoms with Crippen molar-refractivity contribution in [3.05, 3.63) is 70.5 Å². The molecular weight excluding hydrogens is 489 g/mol. The lowest BCUT2D eigenvalue weighted by Gasteiger charge is -2.35. The number of amides is 1. The van der Waals surface area contributed by atoms with E-state index >= 15 is 0 Å². The van der Waals surface area contributed by atoms with Gasteiger partial charge in [0.25, 0.3) is 0 Å². The summed E-state index contributed by atoms with van der Waals surface area (Å²) in [6.45, 7) is 3.73. The van der Waals surface area contributed by atoms with Crippen LogP contribution in [0.1, 0.15) is 69.6 Å². The molecule has 2 N–H and O–H groups in total. The van der Waals surface area contributed by atoms with Crippen molar-refractivity contribution in [3.63, 3.8) is 0 Å². The van der Waals surface area contributed by atoms with Gasteiger partial charge < -0.3 is 9.84 Å². The van der Waals surface area contributed by atoms with Crippen LogP contribution < -0.4 is 5.32 Å². The molecule has 2 aromatic rings. The maximum Gasteiger partial charge on any atom is 0.412 e. The van der Waals surface area contributed by atoms with Crippen LogP contribution in [0.25, 0.3) is 0 Å². The van der Waals surface area contributed by atoms with E-state index in [0.29, 0.717) is 17.0 Å². The fourth-order valence-electron chi connectivity index (χ4n) is 4.74. The van der Waals surface area contributed by atoms with Crippen LogP contribution in [0.5, 0.6) is 0 Å². The van der Waals surface area contributed by atoms with Crippen molar-refractivity contribution in [1.29, 1.82) is 0 Å². The molecule has 35 heavy (non-hydrogen) atoms. The molecule has 1 saturated carbocycles. The third kappa shape index (κ3) is 7.24. The van der Waals surface area contributed by atoms with E-state index in [1.54, 1.807) is 30.3 Å². The van der Waals surface area contributed by atoms with E-state index in [2.05, 4.69) is 5.32 Å². The molecule has 0 spiro atoms. The number of carboxylic acids is 1. The minimum atomic E-state index is -1.07. The zero-order chi connectivity index (χ0) is 25.6. The van der Waals surface area contributed by atoms with Crippen molar-refractivity contribution in [1.82, 2.24) is 5.32 Å². The lowest BCUT2D eigenvalue weighted by atomic mass is 9.76. The summed E-state index contributed by atoms with van der Waals surface area (Å²) < 4.78 is 19.9. The molecule has 0 aromatic heterocycles. The van der Waals surface area contributed by atoms with Gasteiger partial charge in [0.2, 0.25) is 0 Å². The molecule has 2 atom stereocenters. The number of hydrogen-bond acceptors (Lipinski definition) is 4. The van der Waals surface area contributed by atoms with E-state index < -0.39 is 35.3 Å². The van der Waals surface area contributed by atoms with Crippen LogP contribution in [-0.2, 0) is 14.9 Å². The zero-order valence-electron chi connectivity index (χ0n) is 19.9. The molecule has 0 bridgehead atoms. The van der Waals surface area contributed by atoms with Gasteiger partial charge in [-0.1, -0.05) is 94.0 Å². The van der Waals surface area contributed by atoms with E-state index in [-0.39, 0.29) is 10.9 Å². The fourth-order valence-corrected chi connectivity index (χ4v) is 5.21. The van der Waals surface area contributed by atoms with Crippen molar-refractivity contribution >= 4 is 40.9 Å². The molecule has 2 aromatic carbocycles. The topological polar surface area (TPSA) is 75.6 Å². The molecule has 0 saturated heterocycles. The number of carbonyl (C=O) groups is 2. The Morgan fingerprint density at radius 2 is 1.86 bits per heavy atom. The van der Waals surface area contributed by atoms with Gasteiger partial charge in [-0.3, -0.25) is 10.1 Å². The molecule has 188 valence electrons. The summed E-state index contributed by atoms with van der Waals surface area (Å²) in [5, 5.41) is 12.7. The van der Waals surface area contributed by atoms with Crippen molar-refractivity contribution in [2.24, 2.45) is 11.8 Å². The van der Waals surface area contributed by atoms with Crippen molar-refractivity contribution in [2.45, 2.75) is 63.9 Å². The van der Waals surface area contributed by atoms with Crippen LogP contribution in [0.15, 0.2) is 48.5 Å². The first-order valence-corrected chi connectivity index (χ1v) is 12.6. The van der Waals surface area contributed by atoms with Crippen LogP contribution in [0, 0.1) is 17.7 Å². The van der Waals surface area contributed by atoms with E-state index in [1.165, 1.54) is 12.1 Å². The quantitative estimate of drug-likeness (QED) is 0.360. The number of aliphatic carboxylic acids is 1. The molecular formula is C27H31ClFNO4S. The number of nitrogens with one attached hydrogen (secondary N) is 1. The standard InChI is InChI=1S/C27H31ClFNO4S/c1-27(2,19-11-7-12-20(28)16-19)23(18-10-6-13-21(29)15-18)34-26(33)30-24(35)22(25(31)32)14-17-8-4-3-5-9-17/h6-7,10-13,15-17,22-23H,3-5,8-9,14H2,1-2H3,(H,31,32)(H,30,33,35)/t22-,23?/m1/s1. The van der Waals surface area contributed by atoms with Gasteiger partial charge in [-0.25, -0.2) is 9.18 Å². The molecule has 8 heteroatoms. The van der Waals surface area contributed by atoms with E-state index in [0.717, 1.165) is 37.7 Å². The second kappa shape index (κ2) is 12.0. The Morgan fingerprint density at radius 1 is 1.17 bits per heavy atom. The zero-order valence-corrected chi connectivity index (χ0v) is 21.5. The van der Waals surface area contributed by atoms with E-state index in [4.69, 9.17) is 28.6 Å². The SMILES string of the molecule is CC(C)(c1cccc(Cl)c1)C(OC(=O)NC(=S)[C@@H](CC1CCCCC1)C(=O)O)c1cccc(F)c1. The number of carboxylic acid groups (broad SMARTS) is 1. The summed E-state index contributed by atoms with van der Waals surface area (Å²) in [4.78, 5) is 24.8. The Kier molecular flexibility index (Phi) is 9.25. The first kappa shape index (κ1) is 27.1. The third-order valence-electron chi connectivity index (χ3n) is 6.73. The summed E-state index contributed by atoms with van der Waals surface area (Å²) in [7, 11) is 0. The maximum absolute atomic E-state index is 14.1.